The molecular weight excluding hydrogens is 503 g/mol. The number of hydroxylamine groups is 1. The molecule has 3 aromatic rings. The van der Waals surface area contributed by atoms with Crippen molar-refractivity contribution in [1.29, 1.82) is 0 Å². The van der Waals surface area contributed by atoms with Gasteiger partial charge in [0.1, 0.15) is 18.1 Å². The molecule has 0 aliphatic carbocycles. The number of aromatic nitrogens is 2. The first kappa shape index (κ1) is 25.5. The van der Waals surface area contributed by atoms with E-state index in [1.54, 1.807) is 23.1 Å². The van der Waals surface area contributed by atoms with Crippen LogP contribution in [0.15, 0.2) is 71.9 Å². The molecule has 2 aromatic carbocycles. The van der Waals surface area contributed by atoms with Gasteiger partial charge >= 0.3 is 12.1 Å². The van der Waals surface area contributed by atoms with E-state index in [1.165, 1.54) is 0 Å². The number of alkyl halides is 3. The standard InChI is InChI=1S/C26H24F3N5O4/c27-26(28,29)21-9-10-30-25(31-21)34-13-18(12-23(35)36)20(14-34)17-7-4-8-19(11-17)37-15-22-32-24(38-33-22)16-5-2-1-3-6-16/h1-11,18,20,24H,12-15H2,(H,32,33)(H,35,36)/t18-,20-,24?/m0/s1. The normalized spacial score (nSPS) is 21.2. The van der Waals surface area contributed by atoms with E-state index in [-0.39, 0.29) is 43.9 Å². The van der Waals surface area contributed by atoms with Crippen molar-refractivity contribution >= 4 is 17.8 Å². The van der Waals surface area contributed by atoms with Gasteiger partial charge in [0.15, 0.2) is 5.84 Å². The van der Waals surface area contributed by atoms with Crippen LogP contribution in [0.1, 0.15) is 35.4 Å². The van der Waals surface area contributed by atoms with Gasteiger partial charge in [0.2, 0.25) is 12.2 Å². The molecule has 1 saturated heterocycles. The molecule has 0 bridgehead atoms. The number of hydrogen-bond acceptors (Lipinski definition) is 8. The molecule has 2 aliphatic rings. The quantitative estimate of drug-likeness (QED) is 0.449. The summed E-state index contributed by atoms with van der Waals surface area (Å²) in [6.07, 6.45) is -4.16. The van der Waals surface area contributed by atoms with Crippen LogP contribution in [-0.4, -0.2) is 46.6 Å². The second-order valence-corrected chi connectivity index (χ2v) is 9.03. The Balaban J connectivity index is 1.30. The van der Waals surface area contributed by atoms with E-state index in [0.29, 0.717) is 11.6 Å². The maximum absolute atomic E-state index is 13.2. The van der Waals surface area contributed by atoms with Crippen LogP contribution in [0.5, 0.6) is 5.75 Å². The summed E-state index contributed by atoms with van der Waals surface area (Å²) in [5.74, 6) is -0.650. The number of anilines is 1. The molecule has 1 fully saturated rings. The molecule has 5 rings (SSSR count). The lowest BCUT2D eigenvalue weighted by molar-refractivity contribution is -0.141. The van der Waals surface area contributed by atoms with Crippen LogP contribution < -0.4 is 15.1 Å². The summed E-state index contributed by atoms with van der Waals surface area (Å²) in [5.41, 5.74) is 3.44. The fourth-order valence-electron chi connectivity index (χ4n) is 4.63. The third-order valence-electron chi connectivity index (χ3n) is 6.40. The molecule has 9 nitrogen and oxygen atoms in total. The number of carboxylic acid groups (broad SMARTS) is 1. The summed E-state index contributed by atoms with van der Waals surface area (Å²) in [4.78, 5) is 30.8. The molecule has 2 N–H and O–H groups in total. The van der Waals surface area contributed by atoms with Gasteiger partial charge in [-0.25, -0.2) is 25.3 Å². The molecule has 0 amide bonds. The molecule has 0 saturated carbocycles. The van der Waals surface area contributed by atoms with Crippen LogP contribution in [-0.2, 0) is 15.8 Å². The number of nitrogens with one attached hydrogen (secondary N) is 1. The highest BCUT2D eigenvalue weighted by molar-refractivity contribution is 5.83. The average Bonchev–Trinajstić information content (AvgIpc) is 3.55. The maximum Gasteiger partial charge on any atom is 0.433 e. The summed E-state index contributed by atoms with van der Waals surface area (Å²) < 4.78 is 45.4. The molecule has 198 valence electrons. The van der Waals surface area contributed by atoms with Crippen molar-refractivity contribution in [2.75, 3.05) is 24.6 Å². The molecule has 3 heterocycles. The van der Waals surface area contributed by atoms with E-state index in [2.05, 4.69) is 20.4 Å². The summed E-state index contributed by atoms with van der Waals surface area (Å²) in [6, 6.07) is 17.5. The Morgan fingerprint density at radius 2 is 1.89 bits per heavy atom. The zero-order valence-corrected chi connectivity index (χ0v) is 20.0. The van der Waals surface area contributed by atoms with Crippen molar-refractivity contribution < 1.29 is 32.6 Å². The smallest absolute Gasteiger partial charge is 0.433 e. The Hall–Kier alpha value is -4.19. The van der Waals surface area contributed by atoms with Gasteiger partial charge < -0.3 is 14.7 Å². The highest BCUT2D eigenvalue weighted by Gasteiger charge is 2.38. The first-order valence-corrected chi connectivity index (χ1v) is 11.9. The number of ether oxygens (including phenoxy) is 1. The van der Waals surface area contributed by atoms with Gasteiger partial charge in [0.25, 0.3) is 0 Å². The van der Waals surface area contributed by atoms with E-state index in [4.69, 9.17) is 9.57 Å². The third kappa shape index (κ3) is 5.86. The lowest BCUT2D eigenvalue weighted by atomic mass is 9.87. The minimum Gasteiger partial charge on any atom is -0.486 e. The number of benzene rings is 2. The molecule has 3 atom stereocenters. The molecule has 12 heteroatoms. The summed E-state index contributed by atoms with van der Waals surface area (Å²) in [5, 5.41) is 9.45. The van der Waals surface area contributed by atoms with E-state index in [0.717, 1.165) is 23.4 Å². The Bertz CT molecular complexity index is 1320. The fourth-order valence-corrected chi connectivity index (χ4v) is 4.63. The predicted octanol–water partition coefficient (Wildman–Crippen LogP) is 4.20. The zero-order valence-electron chi connectivity index (χ0n) is 20.0. The lowest BCUT2D eigenvalue weighted by Crippen LogP contribution is -2.24. The number of carboxylic acids is 1. The van der Waals surface area contributed by atoms with Crippen molar-refractivity contribution in [2.45, 2.75) is 24.7 Å². The fraction of sp³-hybridized carbons (Fsp3) is 0.308. The Labute approximate surface area is 215 Å². The van der Waals surface area contributed by atoms with Crippen molar-refractivity contribution in [1.82, 2.24) is 15.4 Å². The summed E-state index contributed by atoms with van der Waals surface area (Å²) in [6.45, 7) is 0.603. The van der Waals surface area contributed by atoms with Gasteiger partial charge in [-0.3, -0.25) is 4.79 Å². The topological polar surface area (TPSA) is 109 Å². The van der Waals surface area contributed by atoms with Crippen LogP contribution in [0.3, 0.4) is 0 Å². The van der Waals surface area contributed by atoms with Gasteiger partial charge in [-0.15, -0.1) is 0 Å². The van der Waals surface area contributed by atoms with Crippen molar-refractivity contribution in [3.63, 3.8) is 0 Å². The van der Waals surface area contributed by atoms with Crippen LogP contribution in [0.2, 0.25) is 0 Å². The highest BCUT2D eigenvalue weighted by atomic mass is 19.4. The second-order valence-electron chi connectivity index (χ2n) is 9.03. The first-order valence-electron chi connectivity index (χ1n) is 11.9. The number of carbonyl (C=O) groups is 1. The van der Waals surface area contributed by atoms with E-state index >= 15 is 0 Å². The van der Waals surface area contributed by atoms with Gasteiger partial charge in [0.05, 0.1) is 6.42 Å². The molecule has 0 radical (unpaired) electrons. The summed E-state index contributed by atoms with van der Waals surface area (Å²) >= 11 is 0. The molecule has 1 aromatic heterocycles. The number of rotatable bonds is 8. The highest BCUT2D eigenvalue weighted by Crippen LogP contribution is 2.38. The molecular formula is C26H24F3N5O4. The lowest BCUT2D eigenvalue weighted by Gasteiger charge is -2.18. The molecule has 2 aliphatic heterocycles. The minimum absolute atomic E-state index is 0.0802. The monoisotopic (exact) mass is 527 g/mol. The number of aliphatic imine (C=N–C) groups is 1. The molecule has 1 unspecified atom stereocenters. The van der Waals surface area contributed by atoms with E-state index < -0.39 is 24.1 Å². The van der Waals surface area contributed by atoms with E-state index in [9.17, 15) is 23.1 Å². The number of amidine groups is 1. The largest absolute Gasteiger partial charge is 0.486 e. The Morgan fingerprint density at radius 3 is 2.66 bits per heavy atom. The van der Waals surface area contributed by atoms with E-state index in [1.807, 2.05) is 36.4 Å². The average molecular weight is 528 g/mol. The van der Waals surface area contributed by atoms with Crippen LogP contribution in [0, 0.1) is 5.92 Å². The number of aliphatic carboxylic acids is 1. The second kappa shape index (κ2) is 10.7. The third-order valence-corrected chi connectivity index (χ3v) is 6.40. The van der Waals surface area contributed by atoms with Crippen molar-refractivity contribution in [3.8, 4) is 5.75 Å². The van der Waals surface area contributed by atoms with Gasteiger partial charge in [-0.1, -0.05) is 42.5 Å². The maximum atomic E-state index is 13.2. The first-order chi connectivity index (χ1) is 18.3. The molecule has 38 heavy (non-hydrogen) atoms. The Kier molecular flexibility index (Phi) is 7.14. The number of halogens is 3. The zero-order chi connectivity index (χ0) is 26.7. The van der Waals surface area contributed by atoms with Crippen LogP contribution >= 0.6 is 0 Å². The van der Waals surface area contributed by atoms with Crippen molar-refractivity contribution in [2.24, 2.45) is 10.9 Å². The van der Waals surface area contributed by atoms with Crippen molar-refractivity contribution in [3.05, 3.63) is 83.7 Å². The Morgan fingerprint density at radius 1 is 1.11 bits per heavy atom. The SMILES string of the molecule is O=C(O)C[C@H]1CN(c2nccc(C(F)(F)F)n2)C[C@H]1c1cccc(OCC2=NC(c3ccccc3)ON2)c1. The predicted molar refractivity (Wildman–Crippen MR) is 131 cm³/mol. The van der Waals surface area contributed by atoms with Gasteiger partial charge in [-0.2, -0.15) is 13.2 Å². The summed E-state index contributed by atoms with van der Waals surface area (Å²) in [7, 11) is 0. The van der Waals surface area contributed by atoms with Crippen LogP contribution in [0.4, 0.5) is 19.1 Å². The molecule has 0 spiro atoms. The van der Waals surface area contributed by atoms with Gasteiger partial charge in [-0.05, 0) is 29.7 Å². The number of hydrogen-bond donors (Lipinski definition) is 2. The van der Waals surface area contributed by atoms with Gasteiger partial charge in [0, 0.05) is 30.8 Å². The number of nitrogens with zero attached hydrogens (tertiary/aromatic N) is 4. The minimum atomic E-state index is -4.60. The van der Waals surface area contributed by atoms with Crippen LogP contribution in [0.25, 0.3) is 0 Å².